The maximum absolute atomic E-state index is 13.0. The molecular formula is C26H28ClN5O3. The zero-order chi connectivity index (χ0) is 25.6. The van der Waals surface area contributed by atoms with Gasteiger partial charge >= 0.3 is 0 Å². The molecule has 2 amide bonds. The number of ether oxygens (including phenoxy) is 1. The number of aromatic nitrogens is 1. The monoisotopic (exact) mass is 493 g/mol. The number of rotatable bonds is 8. The summed E-state index contributed by atoms with van der Waals surface area (Å²) in [6.07, 6.45) is 2.61. The molecule has 0 aliphatic heterocycles. The van der Waals surface area contributed by atoms with Gasteiger partial charge in [0, 0.05) is 37.9 Å². The molecule has 0 saturated carbocycles. The number of halogens is 1. The van der Waals surface area contributed by atoms with E-state index in [2.05, 4.69) is 15.3 Å². The van der Waals surface area contributed by atoms with Crippen LogP contribution in [0.2, 0.25) is 5.02 Å². The standard InChI is InChI=1S/C26H28ClN5O3/c1-26(31-16-28,25(34)29-2)20-7-5-6-17(12-20)22-13-21(27)10-8-19(22)15-32(3)24(33)18-9-11-23(35-4)30-14-18/h5-14,16H,15H2,1-4H3,(H2,28,31)(H,29,34). The van der Waals surface area contributed by atoms with E-state index in [1.165, 1.54) is 13.3 Å². The van der Waals surface area contributed by atoms with Crippen molar-refractivity contribution in [2.75, 3.05) is 21.2 Å². The highest BCUT2D eigenvalue weighted by molar-refractivity contribution is 6.30. The van der Waals surface area contributed by atoms with E-state index < -0.39 is 5.54 Å². The first-order valence-corrected chi connectivity index (χ1v) is 11.2. The van der Waals surface area contributed by atoms with Gasteiger partial charge in [0.2, 0.25) is 5.88 Å². The predicted octanol–water partition coefficient (Wildman–Crippen LogP) is 3.63. The second kappa shape index (κ2) is 11.0. The summed E-state index contributed by atoms with van der Waals surface area (Å²) in [5.74, 6) is -0.0350. The number of hydrogen-bond acceptors (Lipinski definition) is 5. The van der Waals surface area contributed by atoms with E-state index in [4.69, 9.17) is 22.1 Å². The van der Waals surface area contributed by atoms with E-state index in [9.17, 15) is 9.59 Å². The van der Waals surface area contributed by atoms with E-state index in [-0.39, 0.29) is 11.8 Å². The van der Waals surface area contributed by atoms with Gasteiger partial charge in [-0.1, -0.05) is 35.9 Å². The minimum atomic E-state index is -1.20. The van der Waals surface area contributed by atoms with Gasteiger partial charge in [0.15, 0.2) is 5.54 Å². The molecule has 182 valence electrons. The highest BCUT2D eigenvalue weighted by Gasteiger charge is 2.34. The molecule has 3 N–H and O–H groups in total. The molecule has 0 aliphatic carbocycles. The number of benzene rings is 2. The topological polar surface area (TPSA) is 110 Å². The maximum Gasteiger partial charge on any atom is 0.255 e. The molecule has 1 aromatic heterocycles. The summed E-state index contributed by atoms with van der Waals surface area (Å²) in [6.45, 7) is 2.03. The summed E-state index contributed by atoms with van der Waals surface area (Å²) in [7, 11) is 4.80. The lowest BCUT2D eigenvalue weighted by molar-refractivity contribution is -0.125. The first-order chi connectivity index (χ1) is 16.7. The number of nitrogens with two attached hydrogens (primary N) is 1. The van der Waals surface area contributed by atoms with Crippen LogP contribution in [0.5, 0.6) is 5.88 Å². The Balaban J connectivity index is 1.97. The number of carbonyl (C=O) groups is 2. The minimum Gasteiger partial charge on any atom is -0.481 e. The fourth-order valence-electron chi connectivity index (χ4n) is 3.78. The van der Waals surface area contributed by atoms with Crippen LogP contribution in [0, 0.1) is 0 Å². The van der Waals surface area contributed by atoms with Gasteiger partial charge in [0.25, 0.3) is 11.8 Å². The first-order valence-electron chi connectivity index (χ1n) is 10.9. The normalized spacial score (nSPS) is 12.7. The van der Waals surface area contributed by atoms with Crippen molar-refractivity contribution in [2.24, 2.45) is 10.7 Å². The van der Waals surface area contributed by atoms with Gasteiger partial charge in [-0.3, -0.25) is 14.6 Å². The van der Waals surface area contributed by atoms with Crippen LogP contribution in [0.3, 0.4) is 0 Å². The Bertz CT molecular complexity index is 1250. The lowest BCUT2D eigenvalue weighted by Gasteiger charge is -2.25. The number of hydrogen-bond donors (Lipinski definition) is 2. The van der Waals surface area contributed by atoms with Crippen LogP contribution in [0.4, 0.5) is 0 Å². The van der Waals surface area contributed by atoms with Gasteiger partial charge in [-0.15, -0.1) is 0 Å². The zero-order valence-corrected chi connectivity index (χ0v) is 20.8. The van der Waals surface area contributed by atoms with Crippen molar-refractivity contribution in [2.45, 2.75) is 19.0 Å². The van der Waals surface area contributed by atoms with Crippen molar-refractivity contribution in [3.05, 3.63) is 82.5 Å². The summed E-state index contributed by atoms with van der Waals surface area (Å²) in [5.41, 5.74) is 8.00. The largest absolute Gasteiger partial charge is 0.481 e. The Labute approximate surface area is 209 Å². The third kappa shape index (κ3) is 5.60. The SMILES string of the molecule is CNC(=O)C(C)(N=CN)c1cccc(-c2cc(Cl)ccc2CN(C)C(=O)c2ccc(OC)nc2)c1. The molecule has 1 heterocycles. The molecule has 0 bridgehead atoms. The molecule has 0 aliphatic rings. The summed E-state index contributed by atoms with van der Waals surface area (Å²) < 4.78 is 5.06. The van der Waals surface area contributed by atoms with Crippen LogP contribution in [0.1, 0.15) is 28.4 Å². The van der Waals surface area contributed by atoms with Gasteiger partial charge in [0.05, 0.1) is 19.0 Å². The summed E-state index contributed by atoms with van der Waals surface area (Å²) in [4.78, 5) is 35.6. The van der Waals surface area contributed by atoms with Gasteiger partial charge in [-0.2, -0.15) is 0 Å². The van der Waals surface area contributed by atoms with Gasteiger partial charge < -0.3 is 20.7 Å². The lowest BCUT2D eigenvalue weighted by Crippen LogP contribution is -2.39. The van der Waals surface area contributed by atoms with Crippen LogP contribution in [-0.4, -0.2) is 49.2 Å². The minimum absolute atomic E-state index is 0.181. The van der Waals surface area contributed by atoms with Gasteiger partial charge in [-0.25, -0.2) is 4.98 Å². The Morgan fingerprint density at radius 1 is 1.23 bits per heavy atom. The van der Waals surface area contributed by atoms with Crippen molar-refractivity contribution < 1.29 is 14.3 Å². The number of nitrogens with one attached hydrogen (secondary N) is 1. The zero-order valence-electron chi connectivity index (χ0n) is 20.1. The fourth-order valence-corrected chi connectivity index (χ4v) is 3.95. The first kappa shape index (κ1) is 25.7. The number of aliphatic imine (C=N–C) groups is 1. The van der Waals surface area contributed by atoms with Crippen LogP contribution in [0.15, 0.2) is 65.8 Å². The van der Waals surface area contributed by atoms with Gasteiger partial charge in [0.1, 0.15) is 0 Å². The number of methoxy groups -OCH3 is 1. The Kier molecular flexibility index (Phi) is 8.09. The molecule has 1 atom stereocenters. The Morgan fingerprint density at radius 2 is 2.00 bits per heavy atom. The number of likely N-dealkylation sites (N-methyl/N-ethyl adjacent to an activating group) is 1. The second-order valence-corrected chi connectivity index (χ2v) is 8.50. The van der Waals surface area contributed by atoms with Crippen molar-refractivity contribution in [3.63, 3.8) is 0 Å². The summed E-state index contributed by atoms with van der Waals surface area (Å²) in [5, 5.41) is 3.20. The number of amides is 2. The number of pyridine rings is 1. The predicted molar refractivity (Wildman–Crippen MR) is 138 cm³/mol. The van der Waals surface area contributed by atoms with Crippen molar-refractivity contribution in [1.29, 1.82) is 0 Å². The summed E-state index contributed by atoms with van der Waals surface area (Å²) in [6, 6.07) is 16.3. The second-order valence-electron chi connectivity index (χ2n) is 8.06. The van der Waals surface area contributed by atoms with Crippen LogP contribution >= 0.6 is 11.6 Å². The Morgan fingerprint density at radius 3 is 2.63 bits per heavy atom. The third-order valence-electron chi connectivity index (χ3n) is 5.76. The average Bonchev–Trinajstić information content (AvgIpc) is 2.88. The van der Waals surface area contributed by atoms with E-state index in [0.29, 0.717) is 28.6 Å². The highest BCUT2D eigenvalue weighted by atomic mass is 35.5. The molecule has 1 unspecified atom stereocenters. The third-order valence-corrected chi connectivity index (χ3v) is 5.99. The highest BCUT2D eigenvalue weighted by Crippen LogP contribution is 2.33. The van der Waals surface area contributed by atoms with Crippen molar-refractivity contribution in [3.8, 4) is 17.0 Å². The molecule has 0 fully saturated rings. The molecule has 8 nitrogen and oxygen atoms in total. The number of carbonyl (C=O) groups excluding carboxylic acids is 2. The lowest BCUT2D eigenvalue weighted by atomic mass is 9.88. The van der Waals surface area contributed by atoms with Crippen molar-refractivity contribution in [1.82, 2.24) is 15.2 Å². The molecule has 3 rings (SSSR count). The van der Waals surface area contributed by atoms with E-state index in [0.717, 1.165) is 23.0 Å². The van der Waals surface area contributed by atoms with E-state index >= 15 is 0 Å². The average molecular weight is 494 g/mol. The quantitative estimate of drug-likeness (QED) is 0.368. The smallest absolute Gasteiger partial charge is 0.255 e. The summed E-state index contributed by atoms with van der Waals surface area (Å²) >= 11 is 6.34. The molecule has 0 radical (unpaired) electrons. The molecule has 9 heteroatoms. The molecular weight excluding hydrogens is 466 g/mol. The van der Waals surface area contributed by atoms with Crippen LogP contribution < -0.4 is 15.8 Å². The fraction of sp³-hybridized carbons (Fsp3) is 0.231. The van der Waals surface area contributed by atoms with Crippen molar-refractivity contribution >= 4 is 29.8 Å². The van der Waals surface area contributed by atoms with E-state index in [1.807, 2.05) is 36.4 Å². The molecule has 3 aromatic rings. The van der Waals surface area contributed by atoms with E-state index in [1.54, 1.807) is 44.1 Å². The molecule has 0 saturated heterocycles. The molecule has 2 aromatic carbocycles. The van der Waals surface area contributed by atoms with Gasteiger partial charge in [-0.05, 0) is 53.4 Å². The molecule has 0 spiro atoms. The maximum atomic E-state index is 13.0. The van der Waals surface area contributed by atoms with Crippen LogP contribution in [0.25, 0.3) is 11.1 Å². The molecule has 35 heavy (non-hydrogen) atoms. The van der Waals surface area contributed by atoms with Crippen LogP contribution in [-0.2, 0) is 16.9 Å². The number of nitrogens with zero attached hydrogens (tertiary/aromatic N) is 3. The Hall–Kier alpha value is -3.91.